The molecule has 15 heavy (non-hydrogen) atoms. The number of hydrogen-bond acceptors (Lipinski definition) is 3. The van der Waals surface area contributed by atoms with Crippen LogP contribution in [0, 0.1) is 5.41 Å². The Hall–Kier alpha value is -1.06. The zero-order valence-corrected chi connectivity index (χ0v) is 9.04. The van der Waals surface area contributed by atoms with Crippen LogP contribution in [0.3, 0.4) is 0 Å². The number of amides is 1. The maximum atomic E-state index is 11.9. The lowest BCUT2D eigenvalue weighted by Gasteiger charge is -2.37. The van der Waals surface area contributed by atoms with Gasteiger partial charge in [0.2, 0.25) is 5.91 Å². The quantitative estimate of drug-likeness (QED) is 0.693. The highest BCUT2D eigenvalue weighted by molar-refractivity contribution is 5.84. The van der Waals surface area contributed by atoms with Gasteiger partial charge in [0.05, 0.1) is 12.0 Å². The molecule has 1 saturated carbocycles. The number of carbonyl (C=O) groups excluding carboxylic acids is 2. The molecule has 4 heteroatoms. The van der Waals surface area contributed by atoms with E-state index in [0.29, 0.717) is 19.4 Å². The van der Waals surface area contributed by atoms with E-state index >= 15 is 0 Å². The summed E-state index contributed by atoms with van der Waals surface area (Å²) in [7, 11) is 0. The van der Waals surface area contributed by atoms with Crippen molar-refractivity contribution in [2.24, 2.45) is 5.41 Å². The molecule has 4 nitrogen and oxygen atoms in total. The highest BCUT2D eigenvalue weighted by Gasteiger charge is 2.52. The monoisotopic (exact) mass is 211 g/mol. The van der Waals surface area contributed by atoms with Crippen molar-refractivity contribution < 1.29 is 14.3 Å². The summed E-state index contributed by atoms with van der Waals surface area (Å²) in [6, 6.07) is 0.0119. The van der Waals surface area contributed by atoms with E-state index in [-0.39, 0.29) is 17.9 Å². The van der Waals surface area contributed by atoms with Crippen LogP contribution in [0.1, 0.15) is 39.0 Å². The molecule has 1 saturated heterocycles. The van der Waals surface area contributed by atoms with Crippen molar-refractivity contribution in [2.45, 2.75) is 45.1 Å². The lowest BCUT2D eigenvalue weighted by Crippen LogP contribution is -2.53. The van der Waals surface area contributed by atoms with Gasteiger partial charge in [-0.05, 0) is 26.2 Å². The lowest BCUT2D eigenvalue weighted by molar-refractivity contribution is -0.159. The van der Waals surface area contributed by atoms with E-state index in [0.717, 1.165) is 19.3 Å². The van der Waals surface area contributed by atoms with Crippen LogP contribution in [0.5, 0.6) is 0 Å². The van der Waals surface area contributed by atoms with Crippen molar-refractivity contribution in [3.05, 3.63) is 0 Å². The number of piperidine rings is 1. The Balaban J connectivity index is 2.17. The largest absolute Gasteiger partial charge is 0.466 e. The molecule has 1 amide bonds. The predicted molar refractivity (Wildman–Crippen MR) is 54.1 cm³/mol. The van der Waals surface area contributed by atoms with Crippen molar-refractivity contribution in [3.8, 4) is 0 Å². The van der Waals surface area contributed by atoms with E-state index < -0.39 is 5.41 Å². The van der Waals surface area contributed by atoms with Gasteiger partial charge in [0.25, 0.3) is 0 Å². The molecule has 1 N–H and O–H groups in total. The standard InChI is InChI=1S/C11H17NO3/c1-2-15-10(14)11-6-3-4-8(11)12-9(13)5-7-11/h8H,2-7H2,1H3,(H,12,13)/t8-,11+/m1/s1. The number of nitrogens with one attached hydrogen (secondary N) is 1. The van der Waals surface area contributed by atoms with E-state index in [1.165, 1.54) is 0 Å². The highest BCUT2D eigenvalue weighted by atomic mass is 16.5. The minimum Gasteiger partial charge on any atom is -0.466 e. The Kier molecular flexibility index (Phi) is 2.67. The summed E-state index contributed by atoms with van der Waals surface area (Å²) in [5.74, 6) is -0.0469. The van der Waals surface area contributed by atoms with Crippen molar-refractivity contribution in [2.75, 3.05) is 6.61 Å². The normalized spacial score (nSPS) is 34.5. The fourth-order valence-electron chi connectivity index (χ4n) is 2.81. The summed E-state index contributed by atoms with van der Waals surface area (Å²) >= 11 is 0. The average molecular weight is 211 g/mol. The molecule has 0 bridgehead atoms. The van der Waals surface area contributed by atoms with Gasteiger partial charge < -0.3 is 10.1 Å². The zero-order valence-electron chi connectivity index (χ0n) is 9.04. The summed E-state index contributed by atoms with van der Waals surface area (Å²) in [5.41, 5.74) is -0.413. The number of hydrogen-bond donors (Lipinski definition) is 1. The Morgan fingerprint density at radius 3 is 3.13 bits per heavy atom. The second kappa shape index (κ2) is 3.83. The summed E-state index contributed by atoms with van der Waals surface area (Å²) in [5, 5.41) is 2.92. The van der Waals surface area contributed by atoms with Gasteiger partial charge in [-0.3, -0.25) is 9.59 Å². The van der Waals surface area contributed by atoms with Crippen LogP contribution >= 0.6 is 0 Å². The number of ether oxygens (including phenoxy) is 1. The Labute approximate surface area is 89.4 Å². The Bertz CT molecular complexity index is 290. The molecule has 2 fully saturated rings. The number of fused-ring (bicyclic) bond motifs is 1. The van der Waals surface area contributed by atoms with Gasteiger partial charge >= 0.3 is 5.97 Å². The first kappa shape index (κ1) is 10.5. The fourth-order valence-corrected chi connectivity index (χ4v) is 2.81. The molecular weight excluding hydrogens is 194 g/mol. The second-order valence-corrected chi connectivity index (χ2v) is 4.39. The molecule has 0 aromatic heterocycles. The van der Waals surface area contributed by atoms with Crippen LogP contribution in [-0.2, 0) is 14.3 Å². The maximum Gasteiger partial charge on any atom is 0.314 e. The molecule has 0 unspecified atom stereocenters. The predicted octanol–water partition coefficient (Wildman–Crippen LogP) is 0.998. The molecule has 84 valence electrons. The van der Waals surface area contributed by atoms with Crippen molar-refractivity contribution in [3.63, 3.8) is 0 Å². The molecule has 2 atom stereocenters. The van der Waals surface area contributed by atoms with Crippen LogP contribution < -0.4 is 5.32 Å². The van der Waals surface area contributed by atoms with E-state index in [9.17, 15) is 9.59 Å². The average Bonchev–Trinajstić information content (AvgIpc) is 2.62. The van der Waals surface area contributed by atoms with E-state index in [1.807, 2.05) is 6.92 Å². The third kappa shape index (κ3) is 1.62. The van der Waals surface area contributed by atoms with Gasteiger partial charge in [0, 0.05) is 12.5 Å². The first-order valence-electron chi connectivity index (χ1n) is 5.65. The van der Waals surface area contributed by atoms with Crippen LogP contribution in [0.15, 0.2) is 0 Å². The van der Waals surface area contributed by atoms with Gasteiger partial charge in [-0.2, -0.15) is 0 Å². The lowest BCUT2D eigenvalue weighted by atomic mass is 9.76. The molecule has 0 radical (unpaired) electrons. The SMILES string of the molecule is CCOC(=O)[C@]12CCC[C@H]1NC(=O)CC2. The minimum atomic E-state index is -0.413. The molecule has 0 spiro atoms. The number of carbonyl (C=O) groups is 2. The fraction of sp³-hybridized carbons (Fsp3) is 0.818. The van der Waals surface area contributed by atoms with Crippen LogP contribution in [0.4, 0.5) is 0 Å². The van der Waals surface area contributed by atoms with E-state index in [4.69, 9.17) is 4.74 Å². The maximum absolute atomic E-state index is 11.9. The molecule has 0 aromatic rings. The summed E-state index contributed by atoms with van der Waals surface area (Å²) in [4.78, 5) is 23.2. The zero-order chi connectivity index (χ0) is 10.9. The minimum absolute atomic E-state index is 0.0119. The summed E-state index contributed by atoms with van der Waals surface area (Å²) in [6.07, 6.45) is 3.88. The van der Waals surface area contributed by atoms with Gasteiger partial charge in [-0.1, -0.05) is 6.42 Å². The smallest absolute Gasteiger partial charge is 0.314 e. The first-order chi connectivity index (χ1) is 7.19. The van der Waals surface area contributed by atoms with Crippen LogP contribution in [0.2, 0.25) is 0 Å². The van der Waals surface area contributed by atoms with E-state index in [2.05, 4.69) is 5.32 Å². The molecule has 1 aliphatic heterocycles. The van der Waals surface area contributed by atoms with Crippen molar-refractivity contribution in [1.29, 1.82) is 0 Å². The molecule has 2 rings (SSSR count). The number of esters is 1. The van der Waals surface area contributed by atoms with Crippen LogP contribution in [0.25, 0.3) is 0 Å². The molecule has 1 heterocycles. The van der Waals surface area contributed by atoms with Crippen LogP contribution in [-0.4, -0.2) is 24.5 Å². The Morgan fingerprint density at radius 2 is 2.40 bits per heavy atom. The summed E-state index contributed by atoms with van der Waals surface area (Å²) < 4.78 is 5.13. The van der Waals surface area contributed by atoms with E-state index in [1.54, 1.807) is 0 Å². The molecule has 2 aliphatic rings. The topological polar surface area (TPSA) is 55.4 Å². The Morgan fingerprint density at radius 1 is 1.60 bits per heavy atom. The second-order valence-electron chi connectivity index (χ2n) is 4.39. The molecular formula is C11H17NO3. The first-order valence-corrected chi connectivity index (χ1v) is 5.65. The molecule has 1 aliphatic carbocycles. The van der Waals surface area contributed by atoms with Gasteiger partial charge in [0.1, 0.15) is 0 Å². The third-order valence-electron chi connectivity index (χ3n) is 3.60. The third-order valence-corrected chi connectivity index (χ3v) is 3.60. The van der Waals surface area contributed by atoms with Gasteiger partial charge in [-0.15, -0.1) is 0 Å². The summed E-state index contributed by atoms with van der Waals surface area (Å²) in [6.45, 7) is 2.24. The van der Waals surface area contributed by atoms with Gasteiger partial charge in [-0.25, -0.2) is 0 Å². The highest BCUT2D eigenvalue weighted by Crippen LogP contribution is 2.45. The number of rotatable bonds is 2. The van der Waals surface area contributed by atoms with Crippen molar-refractivity contribution in [1.82, 2.24) is 5.32 Å². The molecule has 0 aromatic carbocycles. The van der Waals surface area contributed by atoms with Crippen molar-refractivity contribution >= 4 is 11.9 Å². The van der Waals surface area contributed by atoms with Gasteiger partial charge in [0.15, 0.2) is 0 Å².